The highest BCUT2D eigenvalue weighted by molar-refractivity contribution is 5.99. The number of carboxylic acids is 1. The van der Waals surface area contributed by atoms with Crippen molar-refractivity contribution in [3.05, 3.63) is 86.0 Å². The Kier molecular flexibility index (Phi) is 8.45. The molecule has 0 saturated carbocycles. The number of alkyl halides is 3. The third-order valence-electron chi connectivity index (χ3n) is 5.36. The number of hydrogen-bond acceptors (Lipinski definition) is 8. The summed E-state index contributed by atoms with van der Waals surface area (Å²) in [5.41, 5.74) is 3.45. The van der Waals surface area contributed by atoms with Crippen molar-refractivity contribution >= 4 is 46.4 Å². The van der Waals surface area contributed by atoms with Crippen LogP contribution in [0.25, 0.3) is 16.8 Å². The zero-order valence-electron chi connectivity index (χ0n) is 21.6. The van der Waals surface area contributed by atoms with E-state index in [1.165, 1.54) is 18.2 Å². The summed E-state index contributed by atoms with van der Waals surface area (Å²) >= 11 is 0. The van der Waals surface area contributed by atoms with Crippen molar-refractivity contribution in [1.82, 2.24) is 29.1 Å². The van der Waals surface area contributed by atoms with Crippen molar-refractivity contribution in [3.8, 4) is 11.1 Å². The lowest BCUT2D eigenvalue weighted by Gasteiger charge is -2.14. The first-order valence-corrected chi connectivity index (χ1v) is 11.8. The maximum Gasteiger partial charge on any atom is 0.490 e. The molecule has 216 valence electrons. The zero-order chi connectivity index (χ0) is 30.4. The van der Waals surface area contributed by atoms with E-state index < -0.39 is 23.9 Å². The van der Waals surface area contributed by atoms with Crippen molar-refractivity contribution < 1.29 is 32.3 Å². The summed E-state index contributed by atoms with van der Waals surface area (Å²) in [5.74, 6) is -3.02. The third-order valence-corrected chi connectivity index (χ3v) is 5.36. The van der Waals surface area contributed by atoms with Gasteiger partial charge in [-0.05, 0) is 36.4 Å². The van der Waals surface area contributed by atoms with Gasteiger partial charge in [-0.25, -0.2) is 19.2 Å². The van der Waals surface area contributed by atoms with Crippen LogP contribution in [0.4, 0.5) is 46.4 Å². The number of halogens is 4. The second-order valence-corrected chi connectivity index (χ2v) is 8.41. The highest BCUT2D eigenvalue weighted by atomic mass is 19.4. The van der Waals surface area contributed by atoms with Gasteiger partial charge in [-0.1, -0.05) is 6.58 Å². The van der Waals surface area contributed by atoms with E-state index in [0.717, 1.165) is 17.3 Å². The third kappa shape index (κ3) is 7.23. The maximum absolute atomic E-state index is 14.7. The maximum atomic E-state index is 14.7. The number of hydrogen-bond donors (Lipinski definition) is 4. The molecule has 5 rings (SSSR count). The van der Waals surface area contributed by atoms with Crippen LogP contribution in [0.2, 0.25) is 0 Å². The summed E-state index contributed by atoms with van der Waals surface area (Å²) in [6.45, 7) is 3.43. The van der Waals surface area contributed by atoms with Gasteiger partial charge in [-0.3, -0.25) is 9.48 Å². The van der Waals surface area contributed by atoms with Crippen LogP contribution in [-0.2, 0) is 16.6 Å². The number of rotatable bonds is 7. The van der Waals surface area contributed by atoms with Gasteiger partial charge in [0.05, 0.1) is 17.6 Å². The van der Waals surface area contributed by atoms with E-state index >= 15 is 0 Å². The van der Waals surface area contributed by atoms with E-state index in [2.05, 4.69) is 42.6 Å². The van der Waals surface area contributed by atoms with Gasteiger partial charge in [0, 0.05) is 54.8 Å². The largest absolute Gasteiger partial charge is 0.490 e. The smallest absolute Gasteiger partial charge is 0.475 e. The standard InChI is InChI=1S/C24H20FN9O.C2HF3O2/c1-3-22(35)29-16-5-6-19(25)20(10-16)31-23-18(15-4-7-21-26-8-9-34(21)13-15)12-27-24(32-23)30-17-11-28-33(2)14-17;3-2(4,5)1(6)7/h3-14H,1H2,2H3,(H,29,35)(H2,27,30,31,32);(H,6,7). The summed E-state index contributed by atoms with van der Waals surface area (Å²) in [6.07, 6.45) is 6.54. The van der Waals surface area contributed by atoms with Crippen LogP contribution in [-0.4, -0.2) is 52.3 Å². The molecule has 42 heavy (non-hydrogen) atoms. The number of nitrogens with one attached hydrogen (secondary N) is 3. The number of nitrogens with zero attached hydrogens (tertiary/aromatic N) is 6. The van der Waals surface area contributed by atoms with E-state index in [9.17, 15) is 22.4 Å². The number of carboxylic acid groups (broad SMARTS) is 1. The van der Waals surface area contributed by atoms with Crippen molar-refractivity contribution in [2.75, 3.05) is 16.0 Å². The molecule has 0 bridgehead atoms. The van der Waals surface area contributed by atoms with Crippen LogP contribution in [0.3, 0.4) is 0 Å². The number of pyridine rings is 1. The molecule has 0 radical (unpaired) electrons. The van der Waals surface area contributed by atoms with Gasteiger partial charge in [0.25, 0.3) is 0 Å². The van der Waals surface area contributed by atoms with Crippen LogP contribution in [0.15, 0.2) is 80.2 Å². The van der Waals surface area contributed by atoms with Gasteiger partial charge >= 0.3 is 12.1 Å². The molecule has 4 N–H and O–H groups in total. The predicted molar refractivity (Wildman–Crippen MR) is 145 cm³/mol. The topological polar surface area (TPSA) is 151 Å². The molecule has 1 aromatic carbocycles. The van der Waals surface area contributed by atoms with Crippen molar-refractivity contribution in [2.24, 2.45) is 7.05 Å². The SMILES string of the molecule is C=CC(=O)Nc1ccc(F)c(Nc2nc(Nc3cnn(C)c3)ncc2-c2ccc3nccn3c2)c1.O=C(O)C(F)(F)F. The summed E-state index contributed by atoms with van der Waals surface area (Å²) < 4.78 is 50.0. The van der Waals surface area contributed by atoms with Crippen molar-refractivity contribution in [1.29, 1.82) is 0 Å². The first-order chi connectivity index (χ1) is 19.9. The molecule has 5 aromatic rings. The molecule has 1 amide bonds. The molecule has 12 nitrogen and oxygen atoms in total. The van der Waals surface area contributed by atoms with E-state index in [1.54, 1.807) is 36.5 Å². The molecule has 0 fully saturated rings. The number of amides is 1. The number of fused-ring (bicyclic) bond motifs is 1. The van der Waals surface area contributed by atoms with Gasteiger partial charge in [0.15, 0.2) is 0 Å². The Morgan fingerprint density at radius 3 is 2.48 bits per heavy atom. The number of aliphatic carboxylic acids is 1. The monoisotopic (exact) mass is 583 g/mol. The number of imidazole rings is 1. The summed E-state index contributed by atoms with van der Waals surface area (Å²) in [6, 6.07) is 7.96. The second kappa shape index (κ2) is 12.2. The molecule has 0 spiro atoms. The van der Waals surface area contributed by atoms with Crippen molar-refractivity contribution in [3.63, 3.8) is 0 Å². The molecular weight excluding hydrogens is 562 g/mol. The highest BCUT2D eigenvalue weighted by Gasteiger charge is 2.38. The Morgan fingerprint density at radius 2 is 1.81 bits per heavy atom. The van der Waals surface area contributed by atoms with Crippen LogP contribution >= 0.6 is 0 Å². The fourth-order valence-electron chi connectivity index (χ4n) is 3.46. The lowest BCUT2D eigenvalue weighted by molar-refractivity contribution is -0.192. The minimum absolute atomic E-state index is 0.128. The second-order valence-electron chi connectivity index (χ2n) is 8.41. The molecule has 0 aliphatic rings. The molecule has 0 saturated heterocycles. The summed E-state index contributed by atoms with van der Waals surface area (Å²) in [4.78, 5) is 33.9. The Bertz CT molecular complexity index is 1770. The Hall–Kier alpha value is -5.80. The molecular formula is C26H21F4N9O3. The van der Waals surface area contributed by atoms with Crippen LogP contribution < -0.4 is 16.0 Å². The first kappa shape index (κ1) is 29.2. The minimum atomic E-state index is -5.08. The zero-order valence-corrected chi connectivity index (χ0v) is 21.6. The normalized spacial score (nSPS) is 10.9. The van der Waals surface area contributed by atoms with E-state index in [1.807, 2.05) is 28.9 Å². The van der Waals surface area contributed by atoms with Crippen LogP contribution in [0, 0.1) is 5.82 Å². The molecule has 0 unspecified atom stereocenters. The number of carbonyl (C=O) groups is 2. The summed E-state index contributed by atoms with van der Waals surface area (Å²) in [7, 11) is 1.80. The lowest BCUT2D eigenvalue weighted by Crippen LogP contribution is -2.21. The molecule has 4 heterocycles. The van der Waals surface area contributed by atoms with Gasteiger partial charge < -0.3 is 25.5 Å². The average molecular weight is 584 g/mol. The van der Waals surface area contributed by atoms with Gasteiger partial charge in [0.2, 0.25) is 11.9 Å². The van der Waals surface area contributed by atoms with Crippen molar-refractivity contribution in [2.45, 2.75) is 6.18 Å². The van der Waals surface area contributed by atoms with Gasteiger partial charge in [-0.15, -0.1) is 0 Å². The van der Waals surface area contributed by atoms with Gasteiger partial charge in [-0.2, -0.15) is 23.3 Å². The van der Waals surface area contributed by atoms with Gasteiger partial charge in [0.1, 0.15) is 17.3 Å². The van der Waals surface area contributed by atoms with E-state index in [4.69, 9.17) is 9.90 Å². The average Bonchev–Trinajstić information content (AvgIpc) is 3.58. The Morgan fingerprint density at radius 1 is 1.05 bits per heavy atom. The molecule has 16 heteroatoms. The first-order valence-electron chi connectivity index (χ1n) is 11.8. The minimum Gasteiger partial charge on any atom is -0.475 e. The molecule has 0 atom stereocenters. The Labute approximate surface area is 234 Å². The number of aromatic nitrogens is 6. The van der Waals surface area contributed by atoms with E-state index in [0.29, 0.717) is 28.7 Å². The van der Waals surface area contributed by atoms with E-state index in [-0.39, 0.29) is 5.69 Å². The predicted octanol–water partition coefficient (Wildman–Crippen LogP) is 4.91. The number of benzene rings is 1. The summed E-state index contributed by atoms with van der Waals surface area (Å²) in [5, 5.41) is 20.0. The lowest BCUT2D eigenvalue weighted by atomic mass is 10.1. The number of aryl methyl sites for hydroxylation is 1. The van der Waals surface area contributed by atoms with Crippen LogP contribution in [0.1, 0.15) is 0 Å². The Balaban J connectivity index is 0.000000517. The molecule has 0 aliphatic heterocycles. The highest BCUT2D eigenvalue weighted by Crippen LogP contribution is 2.32. The molecule has 4 aromatic heterocycles. The number of anilines is 5. The number of carbonyl (C=O) groups excluding carboxylic acids is 1. The fraction of sp³-hybridized carbons (Fsp3) is 0.0769. The fourth-order valence-corrected chi connectivity index (χ4v) is 3.46. The quantitative estimate of drug-likeness (QED) is 0.155. The molecule has 0 aliphatic carbocycles. The van der Waals surface area contributed by atoms with Crippen LogP contribution in [0.5, 0.6) is 0 Å².